The molecule has 0 fully saturated rings. The first kappa shape index (κ1) is 13.8. The van der Waals surface area contributed by atoms with Crippen molar-refractivity contribution < 1.29 is 18.9 Å². The van der Waals surface area contributed by atoms with Gasteiger partial charge in [0.25, 0.3) is 0 Å². The lowest BCUT2D eigenvalue weighted by molar-refractivity contribution is 0.296. The lowest BCUT2D eigenvalue weighted by Crippen LogP contribution is -2.29. The van der Waals surface area contributed by atoms with Crippen LogP contribution in [0.25, 0.3) is 0 Å². The first-order valence-corrected chi connectivity index (χ1v) is 6.31. The number of nitrogens with one attached hydrogen (secondary N) is 1. The molecule has 0 unspecified atom stereocenters. The second-order valence-electron chi connectivity index (χ2n) is 4.45. The molecular formula is C14H21NO4. The third kappa shape index (κ3) is 2.08. The predicted molar refractivity (Wildman–Crippen MR) is 72.8 cm³/mol. The van der Waals surface area contributed by atoms with E-state index >= 15 is 0 Å². The fourth-order valence-corrected chi connectivity index (χ4v) is 2.74. The lowest BCUT2D eigenvalue weighted by Gasteiger charge is -2.29. The Morgan fingerprint density at radius 2 is 1.37 bits per heavy atom. The molecule has 2 rings (SSSR count). The molecule has 0 saturated carbocycles. The van der Waals surface area contributed by atoms with Crippen LogP contribution in [-0.2, 0) is 6.42 Å². The molecule has 1 N–H and O–H groups in total. The van der Waals surface area contributed by atoms with Gasteiger partial charge < -0.3 is 24.3 Å². The molecule has 1 heterocycles. The average Bonchev–Trinajstić information content (AvgIpc) is 2.44. The van der Waals surface area contributed by atoms with E-state index in [9.17, 15) is 0 Å². The van der Waals surface area contributed by atoms with Gasteiger partial charge in [0, 0.05) is 17.2 Å². The molecular weight excluding hydrogens is 246 g/mol. The third-order valence-electron chi connectivity index (χ3n) is 3.54. The summed E-state index contributed by atoms with van der Waals surface area (Å²) in [5.41, 5.74) is 2.21. The van der Waals surface area contributed by atoms with Crippen LogP contribution in [-0.4, -0.2) is 35.0 Å². The number of fused-ring (bicyclic) bond motifs is 1. The topological polar surface area (TPSA) is 49.0 Å². The number of methoxy groups -OCH3 is 4. The Bertz CT molecular complexity index is 448. The van der Waals surface area contributed by atoms with Crippen molar-refractivity contribution in [1.29, 1.82) is 0 Å². The Hall–Kier alpha value is -1.62. The van der Waals surface area contributed by atoms with E-state index in [4.69, 9.17) is 18.9 Å². The normalized spacial score (nSPS) is 17.6. The summed E-state index contributed by atoms with van der Waals surface area (Å²) in [4.78, 5) is 0. The van der Waals surface area contributed by atoms with Crippen LogP contribution < -0.4 is 24.3 Å². The summed E-state index contributed by atoms with van der Waals surface area (Å²) in [6.07, 6.45) is 0.875. The molecule has 1 aromatic rings. The molecule has 0 spiro atoms. The summed E-state index contributed by atoms with van der Waals surface area (Å²) in [6.45, 7) is 3.01. The van der Waals surface area contributed by atoms with Crippen molar-refractivity contribution in [3.05, 3.63) is 11.1 Å². The fourth-order valence-electron chi connectivity index (χ4n) is 2.74. The molecule has 0 aliphatic carbocycles. The van der Waals surface area contributed by atoms with Gasteiger partial charge in [0.2, 0.25) is 11.5 Å². The van der Waals surface area contributed by atoms with Crippen LogP contribution >= 0.6 is 0 Å². The Morgan fingerprint density at radius 3 is 1.89 bits per heavy atom. The standard InChI is InChI=1S/C14H21NO4/c1-8-10-9(6-7-15-8)11(16-2)13(18-4)14(19-5)12(10)17-3/h8,15H,6-7H2,1-5H3/t8-/m0/s1. The largest absolute Gasteiger partial charge is 0.492 e. The smallest absolute Gasteiger partial charge is 0.207 e. The van der Waals surface area contributed by atoms with E-state index in [1.807, 2.05) is 0 Å². The van der Waals surface area contributed by atoms with Gasteiger partial charge in [-0.05, 0) is 19.9 Å². The molecule has 0 bridgehead atoms. The van der Waals surface area contributed by atoms with Crippen molar-refractivity contribution >= 4 is 0 Å². The summed E-state index contributed by atoms with van der Waals surface area (Å²) >= 11 is 0. The zero-order chi connectivity index (χ0) is 14.0. The van der Waals surface area contributed by atoms with Crippen LogP contribution in [0, 0.1) is 0 Å². The molecule has 5 heteroatoms. The second kappa shape index (κ2) is 5.57. The van der Waals surface area contributed by atoms with Gasteiger partial charge in [0.05, 0.1) is 28.4 Å². The van der Waals surface area contributed by atoms with E-state index in [0.717, 1.165) is 35.6 Å². The van der Waals surface area contributed by atoms with Crippen LogP contribution in [0.4, 0.5) is 0 Å². The van der Waals surface area contributed by atoms with Crippen molar-refractivity contribution in [3.8, 4) is 23.0 Å². The molecule has 1 aliphatic heterocycles. The van der Waals surface area contributed by atoms with Crippen molar-refractivity contribution in [2.75, 3.05) is 35.0 Å². The minimum absolute atomic E-state index is 0.187. The maximum Gasteiger partial charge on any atom is 0.207 e. The highest BCUT2D eigenvalue weighted by Gasteiger charge is 2.31. The summed E-state index contributed by atoms with van der Waals surface area (Å²) < 4.78 is 22.0. The van der Waals surface area contributed by atoms with Gasteiger partial charge in [0.15, 0.2) is 11.5 Å². The number of benzene rings is 1. The second-order valence-corrected chi connectivity index (χ2v) is 4.45. The zero-order valence-corrected chi connectivity index (χ0v) is 12.1. The monoisotopic (exact) mass is 267 g/mol. The van der Waals surface area contributed by atoms with E-state index in [2.05, 4.69) is 12.2 Å². The van der Waals surface area contributed by atoms with Gasteiger partial charge in [-0.15, -0.1) is 0 Å². The van der Waals surface area contributed by atoms with E-state index in [0.29, 0.717) is 11.5 Å². The lowest BCUT2D eigenvalue weighted by atomic mass is 9.92. The molecule has 1 aliphatic rings. The van der Waals surface area contributed by atoms with E-state index in [1.54, 1.807) is 28.4 Å². The third-order valence-corrected chi connectivity index (χ3v) is 3.54. The van der Waals surface area contributed by atoms with Crippen LogP contribution in [0.3, 0.4) is 0 Å². The van der Waals surface area contributed by atoms with Gasteiger partial charge in [-0.3, -0.25) is 0 Å². The SMILES string of the molecule is COc1c2c(c(OC)c(OC)c1OC)[C@H](C)NCC2. The Kier molecular flexibility index (Phi) is 4.04. The van der Waals surface area contributed by atoms with Crippen molar-refractivity contribution in [2.24, 2.45) is 0 Å². The highest BCUT2D eigenvalue weighted by Crippen LogP contribution is 2.52. The van der Waals surface area contributed by atoms with Gasteiger partial charge in [-0.1, -0.05) is 0 Å². The van der Waals surface area contributed by atoms with E-state index in [1.165, 1.54) is 0 Å². The van der Waals surface area contributed by atoms with Crippen LogP contribution in [0.2, 0.25) is 0 Å². The maximum atomic E-state index is 5.55. The Morgan fingerprint density at radius 1 is 0.842 bits per heavy atom. The molecule has 0 amide bonds. The van der Waals surface area contributed by atoms with Crippen molar-refractivity contribution in [2.45, 2.75) is 19.4 Å². The Balaban J connectivity index is 2.79. The molecule has 0 aromatic heterocycles. The highest BCUT2D eigenvalue weighted by atomic mass is 16.5. The molecule has 1 aromatic carbocycles. The van der Waals surface area contributed by atoms with Crippen LogP contribution in [0.15, 0.2) is 0 Å². The van der Waals surface area contributed by atoms with Gasteiger partial charge in [0.1, 0.15) is 0 Å². The maximum absolute atomic E-state index is 5.55. The highest BCUT2D eigenvalue weighted by molar-refractivity contribution is 5.68. The molecule has 19 heavy (non-hydrogen) atoms. The van der Waals surface area contributed by atoms with Gasteiger partial charge in [-0.25, -0.2) is 0 Å². The summed E-state index contributed by atoms with van der Waals surface area (Å²) in [5, 5.41) is 3.42. The number of hydrogen-bond acceptors (Lipinski definition) is 5. The van der Waals surface area contributed by atoms with Gasteiger partial charge >= 0.3 is 0 Å². The first-order chi connectivity index (χ1) is 9.19. The fraction of sp³-hybridized carbons (Fsp3) is 0.571. The van der Waals surface area contributed by atoms with E-state index in [-0.39, 0.29) is 6.04 Å². The minimum atomic E-state index is 0.187. The van der Waals surface area contributed by atoms with Gasteiger partial charge in [-0.2, -0.15) is 0 Å². The number of ether oxygens (including phenoxy) is 4. The summed E-state index contributed by atoms with van der Waals surface area (Å²) in [7, 11) is 6.51. The predicted octanol–water partition coefficient (Wildman–Crippen LogP) is 1.93. The molecule has 5 nitrogen and oxygen atoms in total. The van der Waals surface area contributed by atoms with Crippen LogP contribution in [0.1, 0.15) is 24.1 Å². The molecule has 1 atom stereocenters. The molecule has 106 valence electrons. The van der Waals surface area contributed by atoms with Crippen molar-refractivity contribution in [3.63, 3.8) is 0 Å². The summed E-state index contributed by atoms with van der Waals surface area (Å²) in [5.74, 6) is 2.63. The van der Waals surface area contributed by atoms with Crippen molar-refractivity contribution in [1.82, 2.24) is 5.32 Å². The Labute approximate surface area is 113 Å². The minimum Gasteiger partial charge on any atom is -0.492 e. The average molecular weight is 267 g/mol. The van der Waals surface area contributed by atoms with E-state index < -0.39 is 0 Å². The zero-order valence-electron chi connectivity index (χ0n) is 12.1. The molecule has 0 radical (unpaired) electrons. The first-order valence-electron chi connectivity index (χ1n) is 6.31. The number of hydrogen-bond donors (Lipinski definition) is 1. The summed E-state index contributed by atoms with van der Waals surface area (Å²) in [6, 6.07) is 0.187. The quantitative estimate of drug-likeness (QED) is 0.903. The number of rotatable bonds is 4. The molecule has 0 saturated heterocycles. The van der Waals surface area contributed by atoms with Crippen LogP contribution in [0.5, 0.6) is 23.0 Å².